The van der Waals surface area contributed by atoms with E-state index in [0.29, 0.717) is 10.8 Å². The molecule has 8 saturated carbocycles. The molecule has 0 unspecified atom stereocenters. The van der Waals surface area contributed by atoms with Crippen molar-refractivity contribution < 1.29 is 0 Å². The van der Waals surface area contributed by atoms with Crippen LogP contribution in [0, 0.1) is 52.3 Å². The van der Waals surface area contributed by atoms with Crippen LogP contribution in [0.4, 0.5) is 0 Å². The van der Waals surface area contributed by atoms with Gasteiger partial charge in [-0.2, -0.15) is 0 Å². The van der Waals surface area contributed by atoms with E-state index in [1.165, 1.54) is 6.42 Å². The Morgan fingerprint density at radius 2 is 1.00 bits per heavy atom. The Morgan fingerprint density at radius 1 is 0.577 bits per heavy atom. The molecule has 0 saturated heterocycles. The summed E-state index contributed by atoms with van der Waals surface area (Å²) in [4.78, 5) is 0. The van der Waals surface area contributed by atoms with Crippen molar-refractivity contribution in [2.75, 3.05) is 0 Å². The van der Waals surface area contributed by atoms with Crippen molar-refractivity contribution in [1.82, 2.24) is 0 Å². The van der Waals surface area contributed by atoms with Crippen LogP contribution >= 0.6 is 0 Å². The van der Waals surface area contributed by atoms with Crippen LogP contribution in [-0.2, 0) is 0 Å². The molecule has 0 aromatic rings. The molecule has 9 rings (SSSR count). The summed E-state index contributed by atoms with van der Waals surface area (Å²) in [6.45, 7) is 0. The van der Waals surface area contributed by atoms with Crippen molar-refractivity contribution in [1.29, 1.82) is 0 Å². The van der Waals surface area contributed by atoms with Crippen molar-refractivity contribution >= 4 is 0 Å². The fourth-order valence-electron chi connectivity index (χ4n) is 10.3. The van der Waals surface area contributed by atoms with Crippen molar-refractivity contribution in [2.45, 2.75) is 83.5 Å². The van der Waals surface area contributed by atoms with Gasteiger partial charge in [0.15, 0.2) is 0 Å². The molecule has 8 bridgehead atoms. The van der Waals surface area contributed by atoms with Crippen LogP contribution in [0.2, 0.25) is 0 Å². The highest BCUT2D eigenvalue weighted by Crippen LogP contribution is 2.67. The number of hydrogen-bond acceptors (Lipinski definition) is 0. The smallest absolute Gasteiger partial charge is 0.00783 e. The lowest BCUT2D eigenvalue weighted by molar-refractivity contribution is -0.0470. The zero-order valence-electron chi connectivity index (χ0n) is 16.4. The van der Waals surface area contributed by atoms with E-state index < -0.39 is 0 Å². The minimum atomic E-state index is 0.632. The van der Waals surface area contributed by atoms with Crippen LogP contribution in [0.1, 0.15) is 83.5 Å². The highest BCUT2D eigenvalue weighted by atomic mass is 14.6. The summed E-state index contributed by atoms with van der Waals surface area (Å²) in [6, 6.07) is 0. The average Bonchev–Trinajstić information content (AvgIpc) is 2.60. The summed E-state index contributed by atoms with van der Waals surface area (Å²) in [6.07, 6.45) is 27.8. The maximum absolute atomic E-state index is 2.59. The Hall–Kier alpha value is -0.520. The molecule has 9 aliphatic rings. The van der Waals surface area contributed by atoms with Gasteiger partial charge in [0.1, 0.15) is 0 Å². The molecular weight excluding hydrogens is 312 g/mol. The first-order valence-electron chi connectivity index (χ1n) is 11.9. The van der Waals surface area contributed by atoms with Crippen LogP contribution in [0.25, 0.3) is 0 Å². The Labute approximate surface area is 159 Å². The SMILES string of the molecule is C1=C[C](C23CC4CC(CC(C4)C2)C3)CC(C23CC4CC(CC(C4)C2)C3)=C1. The molecule has 0 heterocycles. The fourth-order valence-corrected chi connectivity index (χ4v) is 10.3. The third-order valence-electron chi connectivity index (χ3n) is 10.4. The standard InChI is InChI=1S/C26H35/c1-2-23(25-11-17-4-18(12-25)6-19(5-17)13-25)10-24(3-1)26-14-20-7-21(15-26)9-22(8-20)16-26/h1-3,17-22H,4-16H2. The van der Waals surface area contributed by atoms with E-state index in [-0.39, 0.29) is 0 Å². The molecule has 0 heteroatoms. The first-order valence-corrected chi connectivity index (χ1v) is 11.9. The van der Waals surface area contributed by atoms with Crippen LogP contribution < -0.4 is 0 Å². The summed E-state index contributed by atoms with van der Waals surface area (Å²) < 4.78 is 0. The van der Waals surface area contributed by atoms with Gasteiger partial charge >= 0.3 is 0 Å². The molecule has 0 aliphatic heterocycles. The summed E-state index contributed by atoms with van der Waals surface area (Å²) in [5.74, 6) is 8.37. The van der Waals surface area contributed by atoms with Crippen LogP contribution in [-0.4, -0.2) is 0 Å². The van der Waals surface area contributed by atoms with Gasteiger partial charge in [-0.25, -0.2) is 0 Å². The second-order valence-corrected chi connectivity index (χ2v) is 12.1. The third-order valence-corrected chi connectivity index (χ3v) is 10.4. The molecule has 26 heavy (non-hydrogen) atoms. The second kappa shape index (κ2) is 5.09. The average molecular weight is 348 g/mol. The minimum Gasteiger partial charge on any atom is -0.0765 e. The largest absolute Gasteiger partial charge is 0.0765 e. The van der Waals surface area contributed by atoms with E-state index in [0.717, 1.165) is 35.5 Å². The molecule has 0 amide bonds. The first kappa shape index (κ1) is 15.4. The van der Waals surface area contributed by atoms with Crippen molar-refractivity contribution in [3.05, 3.63) is 29.7 Å². The molecule has 0 spiro atoms. The van der Waals surface area contributed by atoms with Crippen molar-refractivity contribution in [3.8, 4) is 0 Å². The van der Waals surface area contributed by atoms with Gasteiger partial charge in [0.25, 0.3) is 0 Å². The first-order chi connectivity index (χ1) is 12.7. The summed E-state index contributed by atoms with van der Waals surface area (Å²) in [5.41, 5.74) is 3.16. The molecule has 1 radical (unpaired) electrons. The predicted octanol–water partition coefficient (Wildman–Crippen LogP) is 6.88. The third kappa shape index (κ3) is 2.08. The van der Waals surface area contributed by atoms with Crippen molar-refractivity contribution in [3.63, 3.8) is 0 Å². The molecule has 139 valence electrons. The summed E-state index contributed by atoms with van der Waals surface area (Å²) in [5, 5.41) is 0. The van der Waals surface area contributed by atoms with Crippen LogP contribution in [0.15, 0.2) is 23.8 Å². The maximum Gasteiger partial charge on any atom is 0.00783 e. The molecular formula is C26H35. The predicted molar refractivity (Wildman–Crippen MR) is 106 cm³/mol. The van der Waals surface area contributed by atoms with Gasteiger partial charge in [-0.1, -0.05) is 23.8 Å². The molecule has 9 aliphatic carbocycles. The van der Waals surface area contributed by atoms with Gasteiger partial charge in [0, 0.05) is 5.92 Å². The number of hydrogen-bond donors (Lipinski definition) is 0. The minimum absolute atomic E-state index is 0.632. The Kier molecular flexibility index (Phi) is 3.02. The zero-order chi connectivity index (χ0) is 16.9. The van der Waals surface area contributed by atoms with Gasteiger partial charge in [-0.15, -0.1) is 0 Å². The monoisotopic (exact) mass is 347 g/mol. The number of rotatable bonds is 2. The molecule has 0 aromatic heterocycles. The zero-order valence-corrected chi connectivity index (χ0v) is 16.4. The molecule has 8 fully saturated rings. The second-order valence-electron chi connectivity index (χ2n) is 12.1. The topological polar surface area (TPSA) is 0 Å². The quantitative estimate of drug-likeness (QED) is 0.511. The lowest BCUT2D eigenvalue weighted by atomic mass is 9.44. The Bertz CT molecular complexity index is 606. The summed E-state index contributed by atoms with van der Waals surface area (Å²) in [7, 11) is 0. The van der Waals surface area contributed by atoms with E-state index in [4.69, 9.17) is 0 Å². The normalized spacial score (nSPS) is 57.0. The molecule has 0 nitrogen and oxygen atoms in total. The van der Waals surface area contributed by atoms with Crippen LogP contribution in [0.3, 0.4) is 0 Å². The lowest BCUT2D eigenvalue weighted by Crippen LogP contribution is -2.50. The van der Waals surface area contributed by atoms with Crippen molar-refractivity contribution in [2.24, 2.45) is 46.3 Å². The number of allylic oxidation sites excluding steroid dienone is 4. The van der Waals surface area contributed by atoms with Gasteiger partial charge in [-0.3, -0.25) is 0 Å². The van der Waals surface area contributed by atoms with Gasteiger partial charge < -0.3 is 0 Å². The van der Waals surface area contributed by atoms with E-state index in [1.54, 1.807) is 77.0 Å². The maximum atomic E-state index is 2.59. The van der Waals surface area contributed by atoms with Crippen LogP contribution in [0.5, 0.6) is 0 Å². The van der Waals surface area contributed by atoms with Gasteiger partial charge in [-0.05, 0) is 130 Å². The van der Waals surface area contributed by atoms with Gasteiger partial charge in [0.05, 0.1) is 0 Å². The Morgan fingerprint density at radius 3 is 1.46 bits per heavy atom. The Balaban J connectivity index is 1.19. The fraction of sp³-hybridized carbons (Fsp3) is 0.808. The van der Waals surface area contributed by atoms with E-state index in [2.05, 4.69) is 18.2 Å². The molecule has 0 N–H and O–H groups in total. The van der Waals surface area contributed by atoms with E-state index in [9.17, 15) is 0 Å². The highest BCUT2D eigenvalue weighted by Gasteiger charge is 2.56. The molecule has 0 atom stereocenters. The van der Waals surface area contributed by atoms with E-state index >= 15 is 0 Å². The van der Waals surface area contributed by atoms with Gasteiger partial charge in [0.2, 0.25) is 0 Å². The molecule has 0 aromatic carbocycles. The highest BCUT2D eigenvalue weighted by molar-refractivity contribution is 5.39. The lowest BCUT2D eigenvalue weighted by Gasteiger charge is -2.61. The summed E-state index contributed by atoms with van der Waals surface area (Å²) >= 11 is 0. The van der Waals surface area contributed by atoms with E-state index in [1.807, 2.05) is 11.5 Å².